The molecule has 0 spiro atoms. The first-order valence-electron chi connectivity index (χ1n) is 9.35. The molecule has 0 saturated carbocycles. The lowest BCUT2D eigenvalue weighted by Crippen LogP contribution is -2.22. The lowest BCUT2D eigenvalue weighted by atomic mass is 9.97. The second-order valence-corrected chi connectivity index (χ2v) is 10.4. The van der Waals surface area contributed by atoms with Crippen molar-refractivity contribution in [1.29, 1.82) is 0 Å². The number of aryl methyl sites for hydroxylation is 3. The summed E-state index contributed by atoms with van der Waals surface area (Å²) in [5.74, 6) is 0.518. The van der Waals surface area contributed by atoms with Gasteiger partial charge in [-0.15, -0.1) is 16.4 Å². The number of hydrogen-bond donors (Lipinski definition) is 0. The molecule has 0 radical (unpaired) electrons. The Labute approximate surface area is 184 Å². The molecule has 4 aromatic rings. The van der Waals surface area contributed by atoms with Crippen LogP contribution in [0, 0.1) is 6.92 Å². The molecule has 0 aliphatic heterocycles. The smallest absolute Gasteiger partial charge is 0.267 e. The first-order valence-corrected chi connectivity index (χ1v) is 12.3. The predicted molar refractivity (Wildman–Crippen MR) is 121 cm³/mol. The second kappa shape index (κ2) is 7.83. The van der Waals surface area contributed by atoms with Gasteiger partial charge in [0, 0.05) is 22.2 Å². The molecular formula is C20H17ClN4OS3. The molecule has 1 aliphatic rings. The highest BCUT2D eigenvalue weighted by atomic mass is 35.5. The molecule has 3 heterocycles. The molecule has 9 heteroatoms. The maximum Gasteiger partial charge on any atom is 0.267 e. The molecule has 1 aromatic carbocycles. The topological polar surface area (TPSA) is 60.7 Å². The number of hydrogen-bond acceptors (Lipinski definition) is 7. The molecular weight excluding hydrogens is 444 g/mol. The van der Waals surface area contributed by atoms with Gasteiger partial charge in [-0.3, -0.25) is 9.36 Å². The zero-order chi connectivity index (χ0) is 20.0. The summed E-state index contributed by atoms with van der Waals surface area (Å²) in [5.41, 5.74) is 3.92. The molecule has 0 amide bonds. The van der Waals surface area contributed by atoms with E-state index < -0.39 is 0 Å². The number of fused-ring (bicyclic) bond motifs is 3. The van der Waals surface area contributed by atoms with Gasteiger partial charge in [0.15, 0.2) is 5.16 Å². The van der Waals surface area contributed by atoms with Crippen molar-refractivity contribution in [3.05, 3.63) is 60.7 Å². The Morgan fingerprint density at radius 3 is 2.76 bits per heavy atom. The van der Waals surface area contributed by atoms with E-state index in [1.165, 1.54) is 40.2 Å². The molecule has 0 N–H and O–H groups in total. The first kappa shape index (κ1) is 19.2. The van der Waals surface area contributed by atoms with Crippen molar-refractivity contribution in [3.63, 3.8) is 0 Å². The Bertz CT molecular complexity index is 1260. The van der Waals surface area contributed by atoms with Gasteiger partial charge in [0.2, 0.25) is 0 Å². The van der Waals surface area contributed by atoms with E-state index >= 15 is 0 Å². The molecule has 1 aliphatic carbocycles. The van der Waals surface area contributed by atoms with Crippen LogP contribution in [0.1, 0.15) is 34.5 Å². The van der Waals surface area contributed by atoms with Gasteiger partial charge in [0.25, 0.3) is 5.56 Å². The summed E-state index contributed by atoms with van der Waals surface area (Å²) in [4.78, 5) is 20.7. The van der Waals surface area contributed by atoms with E-state index in [4.69, 9.17) is 16.6 Å². The average molecular weight is 461 g/mol. The monoisotopic (exact) mass is 460 g/mol. The molecule has 3 aromatic heterocycles. The van der Waals surface area contributed by atoms with E-state index in [0.717, 1.165) is 46.4 Å². The van der Waals surface area contributed by atoms with Crippen molar-refractivity contribution in [2.24, 2.45) is 0 Å². The summed E-state index contributed by atoms with van der Waals surface area (Å²) >= 11 is 10.5. The van der Waals surface area contributed by atoms with Crippen molar-refractivity contribution >= 4 is 56.4 Å². The van der Waals surface area contributed by atoms with E-state index in [1.807, 2.05) is 31.2 Å². The van der Waals surface area contributed by atoms with E-state index in [-0.39, 0.29) is 5.56 Å². The summed E-state index contributed by atoms with van der Waals surface area (Å²) in [7, 11) is 0. The molecule has 0 unspecified atom stereocenters. The normalized spacial score (nSPS) is 13.7. The van der Waals surface area contributed by atoms with Gasteiger partial charge in [-0.25, -0.2) is 4.98 Å². The van der Waals surface area contributed by atoms with E-state index in [1.54, 1.807) is 15.9 Å². The fourth-order valence-electron chi connectivity index (χ4n) is 3.62. The highest BCUT2D eigenvalue weighted by molar-refractivity contribution is 7.98. The average Bonchev–Trinajstić information content (AvgIpc) is 3.30. The van der Waals surface area contributed by atoms with Gasteiger partial charge in [0.05, 0.1) is 11.1 Å². The molecule has 29 heavy (non-hydrogen) atoms. The Hall–Kier alpha value is -1.74. The van der Waals surface area contributed by atoms with Gasteiger partial charge in [0.1, 0.15) is 14.9 Å². The van der Waals surface area contributed by atoms with Crippen molar-refractivity contribution < 1.29 is 0 Å². The second-order valence-electron chi connectivity index (χ2n) is 7.04. The van der Waals surface area contributed by atoms with E-state index in [0.29, 0.717) is 15.2 Å². The number of aromatic nitrogens is 4. The molecule has 0 fully saturated rings. The molecule has 148 valence electrons. The fraction of sp³-hybridized carbons (Fsp3) is 0.300. The van der Waals surface area contributed by atoms with Crippen LogP contribution in [-0.2, 0) is 18.6 Å². The lowest BCUT2D eigenvalue weighted by Gasteiger charge is -2.13. The molecule has 0 atom stereocenters. The van der Waals surface area contributed by atoms with Crippen LogP contribution in [0.5, 0.6) is 0 Å². The Balaban J connectivity index is 1.69. The van der Waals surface area contributed by atoms with E-state index in [9.17, 15) is 4.79 Å². The maximum absolute atomic E-state index is 13.7. The summed E-state index contributed by atoms with van der Waals surface area (Å²) in [6.07, 6.45) is 4.33. The van der Waals surface area contributed by atoms with Crippen LogP contribution in [0.4, 0.5) is 0 Å². The third-order valence-corrected chi connectivity index (χ3v) is 8.22. The minimum Gasteiger partial charge on any atom is -0.268 e. The number of rotatable bonds is 4. The number of nitrogens with zero attached hydrogens (tertiary/aromatic N) is 4. The van der Waals surface area contributed by atoms with Crippen LogP contribution in [0.15, 0.2) is 34.2 Å². The van der Waals surface area contributed by atoms with Crippen LogP contribution >= 0.6 is 46.2 Å². The van der Waals surface area contributed by atoms with Crippen LogP contribution < -0.4 is 5.56 Å². The summed E-state index contributed by atoms with van der Waals surface area (Å²) < 4.78 is 6.21. The quantitative estimate of drug-likeness (QED) is 0.300. The highest BCUT2D eigenvalue weighted by Gasteiger charge is 2.23. The van der Waals surface area contributed by atoms with Crippen molar-refractivity contribution in [2.75, 3.05) is 0 Å². The van der Waals surface area contributed by atoms with Gasteiger partial charge in [-0.05, 0) is 50.3 Å². The minimum atomic E-state index is 0.0169. The molecule has 0 saturated heterocycles. The Kier molecular flexibility index (Phi) is 5.19. The SMILES string of the molecule is Cc1ccc(-n2c(SCc3nnsc3Cl)nc3sc4c(c3c2=O)CCCC4)cc1. The largest absolute Gasteiger partial charge is 0.268 e. The Morgan fingerprint density at radius 1 is 1.21 bits per heavy atom. The zero-order valence-corrected chi connectivity index (χ0v) is 18.9. The van der Waals surface area contributed by atoms with Gasteiger partial charge >= 0.3 is 0 Å². The number of thiophene rings is 1. The Morgan fingerprint density at radius 2 is 2.00 bits per heavy atom. The predicted octanol–water partition coefficient (Wildman–Crippen LogP) is 5.43. The van der Waals surface area contributed by atoms with Crippen LogP contribution in [0.2, 0.25) is 4.34 Å². The third kappa shape index (κ3) is 3.52. The van der Waals surface area contributed by atoms with Crippen molar-refractivity contribution in [2.45, 2.75) is 43.5 Å². The van der Waals surface area contributed by atoms with Crippen molar-refractivity contribution in [3.8, 4) is 5.69 Å². The highest BCUT2D eigenvalue weighted by Crippen LogP contribution is 2.36. The molecule has 5 rings (SSSR count). The minimum absolute atomic E-state index is 0.0169. The van der Waals surface area contributed by atoms with Gasteiger partial charge < -0.3 is 0 Å². The van der Waals surface area contributed by atoms with Crippen LogP contribution in [0.25, 0.3) is 15.9 Å². The lowest BCUT2D eigenvalue weighted by molar-refractivity contribution is 0.699. The van der Waals surface area contributed by atoms with Crippen molar-refractivity contribution in [1.82, 2.24) is 19.1 Å². The van der Waals surface area contributed by atoms with E-state index in [2.05, 4.69) is 9.59 Å². The first-order chi connectivity index (χ1) is 14.1. The van der Waals surface area contributed by atoms with Gasteiger partial charge in [-0.2, -0.15) is 0 Å². The number of benzene rings is 1. The standard InChI is InChI=1S/C20H17ClN4OS3/c1-11-6-8-12(9-7-11)25-19(26)16-13-4-2-3-5-15(13)28-18(16)22-20(25)27-10-14-17(21)29-24-23-14/h6-9H,2-5,10H2,1H3. The summed E-state index contributed by atoms with van der Waals surface area (Å²) in [6, 6.07) is 7.99. The zero-order valence-electron chi connectivity index (χ0n) is 15.6. The number of thioether (sulfide) groups is 1. The maximum atomic E-state index is 13.7. The molecule has 0 bridgehead atoms. The number of halogens is 1. The van der Waals surface area contributed by atoms with Gasteiger partial charge in [-0.1, -0.05) is 45.5 Å². The third-order valence-electron chi connectivity index (χ3n) is 5.10. The fourth-order valence-corrected chi connectivity index (χ4v) is 6.67. The summed E-state index contributed by atoms with van der Waals surface area (Å²) in [6.45, 7) is 2.04. The molecule has 5 nitrogen and oxygen atoms in total. The summed E-state index contributed by atoms with van der Waals surface area (Å²) in [5, 5.41) is 5.54. The van der Waals surface area contributed by atoms with Crippen LogP contribution in [0.3, 0.4) is 0 Å². The van der Waals surface area contributed by atoms with Crippen LogP contribution in [-0.4, -0.2) is 19.1 Å².